The average molecular weight is 234 g/mol. The molecule has 0 fully saturated rings. The van der Waals surface area contributed by atoms with E-state index < -0.39 is 5.82 Å². The third kappa shape index (κ3) is 1.68. The van der Waals surface area contributed by atoms with E-state index in [1.807, 2.05) is 6.92 Å². The highest BCUT2D eigenvalue weighted by molar-refractivity contribution is 5.24. The summed E-state index contributed by atoms with van der Waals surface area (Å²) < 4.78 is 14.3. The van der Waals surface area contributed by atoms with Gasteiger partial charge in [0.2, 0.25) is 0 Å². The lowest BCUT2D eigenvalue weighted by molar-refractivity contribution is 0.522. The highest BCUT2D eigenvalue weighted by atomic mass is 19.1. The molecule has 0 amide bonds. The van der Waals surface area contributed by atoms with Crippen molar-refractivity contribution in [3.63, 3.8) is 0 Å². The van der Waals surface area contributed by atoms with Crippen molar-refractivity contribution in [2.45, 2.75) is 19.4 Å². The first-order valence-corrected chi connectivity index (χ1v) is 5.41. The third-order valence-corrected chi connectivity index (χ3v) is 2.81. The molecule has 0 aliphatic carbocycles. The molecule has 88 valence electrons. The van der Waals surface area contributed by atoms with Gasteiger partial charge in [0.1, 0.15) is 5.69 Å². The summed E-state index contributed by atoms with van der Waals surface area (Å²) in [6.45, 7) is 2.89. The summed E-state index contributed by atoms with van der Waals surface area (Å²) in [5.74, 6) is -0.105. The van der Waals surface area contributed by atoms with Crippen LogP contribution in [-0.2, 0) is 6.42 Å². The number of hydrogen-bond donors (Lipinski definition) is 1. The SMILES string of the molecule is CC1NCCc2c1nnn2-c1ncc(F)cn1. The summed E-state index contributed by atoms with van der Waals surface area (Å²) in [5, 5.41) is 11.4. The lowest BCUT2D eigenvalue weighted by Crippen LogP contribution is -2.28. The van der Waals surface area contributed by atoms with E-state index in [1.165, 1.54) is 0 Å². The number of halogens is 1. The summed E-state index contributed by atoms with van der Waals surface area (Å²) in [4.78, 5) is 7.82. The van der Waals surface area contributed by atoms with E-state index in [1.54, 1.807) is 4.68 Å². The number of nitrogens with zero attached hydrogens (tertiary/aromatic N) is 5. The first-order valence-electron chi connectivity index (χ1n) is 5.41. The minimum Gasteiger partial charge on any atom is -0.308 e. The van der Waals surface area contributed by atoms with Crippen molar-refractivity contribution in [1.29, 1.82) is 0 Å². The number of rotatable bonds is 1. The lowest BCUT2D eigenvalue weighted by Gasteiger charge is -2.18. The number of fused-ring (bicyclic) bond motifs is 1. The molecule has 0 radical (unpaired) electrons. The normalized spacial score (nSPS) is 19.1. The first-order chi connectivity index (χ1) is 8.25. The number of hydrogen-bond acceptors (Lipinski definition) is 5. The van der Waals surface area contributed by atoms with Crippen LogP contribution >= 0.6 is 0 Å². The van der Waals surface area contributed by atoms with Crippen molar-refractivity contribution < 1.29 is 4.39 Å². The second-order valence-corrected chi connectivity index (χ2v) is 3.96. The fourth-order valence-electron chi connectivity index (χ4n) is 1.96. The Kier molecular flexibility index (Phi) is 2.32. The van der Waals surface area contributed by atoms with E-state index in [0.717, 1.165) is 36.7 Å². The quantitative estimate of drug-likeness (QED) is 0.773. The van der Waals surface area contributed by atoms with Crippen LogP contribution in [0, 0.1) is 5.82 Å². The van der Waals surface area contributed by atoms with Gasteiger partial charge in [-0.15, -0.1) is 5.10 Å². The van der Waals surface area contributed by atoms with Gasteiger partial charge in [-0.05, 0) is 6.92 Å². The molecular formula is C10H11FN6. The van der Waals surface area contributed by atoms with Crippen LogP contribution in [0.25, 0.3) is 5.95 Å². The van der Waals surface area contributed by atoms with Crippen molar-refractivity contribution >= 4 is 0 Å². The Hall–Kier alpha value is -1.89. The van der Waals surface area contributed by atoms with Crippen LogP contribution < -0.4 is 5.32 Å². The van der Waals surface area contributed by atoms with Gasteiger partial charge in [0.15, 0.2) is 5.82 Å². The molecule has 6 nitrogen and oxygen atoms in total. The summed E-state index contributed by atoms with van der Waals surface area (Å²) in [6.07, 6.45) is 3.06. The fourth-order valence-corrected chi connectivity index (χ4v) is 1.96. The second-order valence-electron chi connectivity index (χ2n) is 3.96. The second kappa shape index (κ2) is 3.85. The standard InChI is InChI=1S/C10H11FN6/c1-6-9-8(2-3-12-6)17(16-15-9)10-13-4-7(11)5-14-10/h4-6,12H,2-3H2,1H3. The van der Waals surface area contributed by atoms with Crippen LogP contribution in [-0.4, -0.2) is 31.5 Å². The van der Waals surface area contributed by atoms with E-state index in [9.17, 15) is 4.39 Å². The zero-order valence-corrected chi connectivity index (χ0v) is 9.26. The molecule has 1 aliphatic heterocycles. The topological polar surface area (TPSA) is 68.5 Å². The largest absolute Gasteiger partial charge is 0.308 e. The van der Waals surface area contributed by atoms with Gasteiger partial charge in [0.25, 0.3) is 5.95 Å². The van der Waals surface area contributed by atoms with Crippen molar-refractivity contribution in [3.8, 4) is 5.95 Å². The Morgan fingerprint density at radius 2 is 2.18 bits per heavy atom. The molecule has 2 aromatic rings. The lowest BCUT2D eigenvalue weighted by atomic mass is 10.1. The Morgan fingerprint density at radius 3 is 2.94 bits per heavy atom. The molecule has 3 heterocycles. The van der Waals surface area contributed by atoms with Gasteiger partial charge in [-0.25, -0.2) is 14.4 Å². The number of nitrogens with one attached hydrogen (secondary N) is 1. The van der Waals surface area contributed by atoms with Crippen LogP contribution in [0.4, 0.5) is 4.39 Å². The van der Waals surface area contributed by atoms with Crippen LogP contribution in [0.5, 0.6) is 0 Å². The van der Waals surface area contributed by atoms with E-state index in [2.05, 4.69) is 25.6 Å². The molecule has 0 bridgehead atoms. The zero-order valence-electron chi connectivity index (χ0n) is 9.26. The minimum absolute atomic E-state index is 0.174. The van der Waals surface area contributed by atoms with E-state index in [4.69, 9.17) is 0 Å². The maximum atomic E-state index is 12.7. The van der Waals surface area contributed by atoms with Gasteiger partial charge < -0.3 is 5.32 Å². The zero-order chi connectivity index (χ0) is 11.8. The summed E-state index contributed by atoms with van der Waals surface area (Å²) in [5.41, 5.74) is 1.90. The molecule has 0 aromatic carbocycles. The smallest absolute Gasteiger partial charge is 0.252 e. The van der Waals surface area contributed by atoms with Gasteiger partial charge in [0, 0.05) is 13.0 Å². The van der Waals surface area contributed by atoms with E-state index >= 15 is 0 Å². The fraction of sp³-hybridized carbons (Fsp3) is 0.400. The van der Waals surface area contributed by atoms with Crippen molar-refractivity contribution in [3.05, 3.63) is 29.6 Å². The average Bonchev–Trinajstić information content (AvgIpc) is 2.75. The van der Waals surface area contributed by atoms with Gasteiger partial charge in [0.05, 0.1) is 24.1 Å². The molecule has 3 rings (SSSR count). The van der Waals surface area contributed by atoms with E-state index in [0.29, 0.717) is 5.95 Å². The summed E-state index contributed by atoms with van der Waals surface area (Å²) >= 11 is 0. The molecule has 1 atom stereocenters. The van der Waals surface area contributed by atoms with Crippen LogP contribution in [0.1, 0.15) is 24.4 Å². The summed E-state index contributed by atoms with van der Waals surface area (Å²) in [7, 11) is 0. The Bertz CT molecular complexity index is 534. The first kappa shape index (κ1) is 10.3. The molecule has 0 saturated carbocycles. The Morgan fingerprint density at radius 1 is 1.41 bits per heavy atom. The van der Waals surface area contributed by atoms with Crippen molar-refractivity contribution in [1.82, 2.24) is 30.3 Å². The Balaban J connectivity index is 2.07. The molecule has 2 aromatic heterocycles. The summed E-state index contributed by atoms with van der Waals surface area (Å²) in [6, 6.07) is 0.174. The number of aromatic nitrogens is 5. The molecule has 1 aliphatic rings. The molecule has 0 saturated heterocycles. The van der Waals surface area contributed by atoms with Gasteiger partial charge in [-0.3, -0.25) is 0 Å². The predicted molar refractivity (Wildman–Crippen MR) is 57.0 cm³/mol. The molecular weight excluding hydrogens is 223 g/mol. The third-order valence-electron chi connectivity index (χ3n) is 2.81. The van der Waals surface area contributed by atoms with Gasteiger partial charge in [-0.1, -0.05) is 5.21 Å². The van der Waals surface area contributed by atoms with Crippen molar-refractivity contribution in [2.75, 3.05) is 6.54 Å². The maximum absolute atomic E-state index is 12.7. The molecule has 1 N–H and O–H groups in total. The van der Waals surface area contributed by atoms with E-state index in [-0.39, 0.29) is 6.04 Å². The Labute approximate surface area is 96.9 Å². The predicted octanol–water partition coefficient (Wildman–Crippen LogP) is 0.403. The highest BCUT2D eigenvalue weighted by Crippen LogP contribution is 2.20. The molecule has 1 unspecified atom stereocenters. The minimum atomic E-state index is -0.460. The molecule has 17 heavy (non-hydrogen) atoms. The molecule has 7 heteroatoms. The van der Waals surface area contributed by atoms with Crippen LogP contribution in [0.3, 0.4) is 0 Å². The van der Waals surface area contributed by atoms with Crippen LogP contribution in [0.2, 0.25) is 0 Å². The monoisotopic (exact) mass is 234 g/mol. The van der Waals surface area contributed by atoms with Crippen LogP contribution in [0.15, 0.2) is 12.4 Å². The van der Waals surface area contributed by atoms with Gasteiger partial charge in [-0.2, -0.15) is 4.68 Å². The maximum Gasteiger partial charge on any atom is 0.252 e. The van der Waals surface area contributed by atoms with Crippen molar-refractivity contribution in [2.24, 2.45) is 0 Å². The molecule has 0 spiro atoms. The highest BCUT2D eigenvalue weighted by Gasteiger charge is 2.23. The van der Waals surface area contributed by atoms with Gasteiger partial charge >= 0.3 is 0 Å².